The predicted octanol–water partition coefficient (Wildman–Crippen LogP) is 2.77. The smallest absolute Gasteiger partial charge is 0.251 e. The molecule has 0 saturated heterocycles. The van der Waals surface area contributed by atoms with E-state index in [1.165, 1.54) is 16.5 Å². The average Bonchev–Trinajstić information content (AvgIpc) is 3.08. The van der Waals surface area contributed by atoms with Gasteiger partial charge in [0.1, 0.15) is 12.1 Å². The molecule has 3 N–H and O–H groups in total. The highest BCUT2D eigenvalue weighted by atomic mass is 16.2. The number of allylic oxidation sites excluding steroid dienone is 1. The minimum Gasteiger partial charge on any atom is -0.344 e. The molecule has 0 aliphatic carbocycles. The van der Waals surface area contributed by atoms with Crippen molar-refractivity contribution in [1.82, 2.24) is 15.5 Å². The van der Waals surface area contributed by atoms with Crippen LogP contribution in [0.1, 0.15) is 46.6 Å². The second-order valence-electron chi connectivity index (χ2n) is 9.37. The van der Waals surface area contributed by atoms with Crippen LogP contribution in [-0.4, -0.2) is 47.2 Å². The highest BCUT2D eigenvalue weighted by Gasteiger charge is 2.27. The van der Waals surface area contributed by atoms with E-state index < -0.39 is 18.0 Å². The molecule has 8 heteroatoms. The number of hydrogen-bond donors (Lipinski definition) is 3. The van der Waals surface area contributed by atoms with Crippen molar-refractivity contribution in [2.75, 3.05) is 11.9 Å². The second kappa shape index (κ2) is 12.2. The van der Waals surface area contributed by atoms with Crippen molar-refractivity contribution in [3.05, 3.63) is 54.3 Å². The molecule has 8 nitrogen and oxygen atoms in total. The number of rotatable bonds is 11. The number of hydrogen-bond acceptors (Lipinski definition) is 4. The van der Waals surface area contributed by atoms with Gasteiger partial charge in [-0.2, -0.15) is 0 Å². The first-order valence-corrected chi connectivity index (χ1v) is 11.7. The van der Waals surface area contributed by atoms with Crippen LogP contribution in [0.5, 0.6) is 0 Å². The highest BCUT2D eigenvalue weighted by molar-refractivity contribution is 5.98. The van der Waals surface area contributed by atoms with Crippen molar-refractivity contribution in [3.8, 4) is 0 Å². The molecule has 4 amide bonds. The summed E-state index contributed by atoms with van der Waals surface area (Å²) < 4.78 is 0. The van der Waals surface area contributed by atoms with E-state index in [0.29, 0.717) is 17.3 Å². The summed E-state index contributed by atoms with van der Waals surface area (Å²) in [6.07, 6.45) is 3.99. The molecule has 0 bridgehead atoms. The average molecular weight is 469 g/mol. The van der Waals surface area contributed by atoms with E-state index in [-0.39, 0.29) is 36.6 Å². The first-order valence-electron chi connectivity index (χ1n) is 11.7. The number of anilines is 1. The normalized spacial score (nSPS) is 15.0. The Kier molecular flexibility index (Phi) is 9.59. The van der Waals surface area contributed by atoms with Gasteiger partial charge in [0, 0.05) is 30.4 Å². The van der Waals surface area contributed by atoms with Gasteiger partial charge in [0.05, 0.1) is 0 Å². The first kappa shape index (κ1) is 26.8. The van der Waals surface area contributed by atoms with E-state index in [0.717, 1.165) is 6.42 Å². The maximum absolute atomic E-state index is 12.8. The fourth-order valence-corrected chi connectivity index (χ4v) is 3.55. The van der Waals surface area contributed by atoms with Crippen LogP contribution in [-0.2, 0) is 25.6 Å². The molecule has 0 unspecified atom stereocenters. The van der Waals surface area contributed by atoms with E-state index in [2.05, 4.69) is 36.4 Å². The van der Waals surface area contributed by atoms with Gasteiger partial charge in [-0.1, -0.05) is 46.4 Å². The summed E-state index contributed by atoms with van der Waals surface area (Å²) in [5.41, 5.74) is 2.38. The molecule has 1 aromatic rings. The van der Waals surface area contributed by atoms with Gasteiger partial charge in [0.15, 0.2) is 0 Å². The van der Waals surface area contributed by atoms with Crippen molar-refractivity contribution >= 4 is 29.3 Å². The molecule has 2 rings (SSSR count). The summed E-state index contributed by atoms with van der Waals surface area (Å²) in [7, 11) is 0. The molecule has 0 saturated carbocycles. The summed E-state index contributed by atoms with van der Waals surface area (Å²) in [5, 5.41) is 8.20. The Morgan fingerprint density at radius 2 is 1.59 bits per heavy atom. The Hall–Kier alpha value is -3.42. The van der Waals surface area contributed by atoms with Gasteiger partial charge >= 0.3 is 0 Å². The summed E-state index contributed by atoms with van der Waals surface area (Å²) >= 11 is 0. The highest BCUT2D eigenvalue weighted by Crippen LogP contribution is 2.14. The minimum absolute atomic E-state index is 0.0335. The van der Waals surface area contributed by atoms with Gasteiger partial charge < -0.3 is 20.9 Å². The molecule has 0 radical (unpaired) electrons. The molecular formula is C26H36N4O4. The Morgan fingerprint density at radius 1 is 0.941 bits per heavy atom. The zero-order valence-corrected chi connectivity index (χ0v) is 20.7. The third kappa shape index (κ3) is 7.86. The summed E-state index contributed by atoms with van der Waals surface area (Å²) in [6.45, 7) is 13.4. The van der Waals surface area contributed by atoms with Crippen molar-refractivity contribution in [2.45, 2.75) is 59.5 Å². The Labute approximate surface area is 201 Å². The molecule has 1 aliphatic heterocycles. The molecule has 1 heterocycles. The van der Waals surface area contributed by atoms with Crippen molar-refractivity contribution in [1.29, 1.82) is 0 Å². The van der Waals surface area contributed by atoms with Crippen LogP contribution in [0.25, 0.3) is 0 Å². The SMILES string of the molecule is C=C1C=CC(=O)N1CCC(=O)N[C@H](C(=O)N[C@@H](C)C(=O)Nc1ccc(CC(C)C)cc1)C(C)C. The molecule has 34 heavy (non-hydrogen) atoms. The second-order valence-corrected chi connectivity index (χ2v) is 9.37. The summed E-state index contributed by atoms with van der Waals surface area (Å²) in [5.74, 6) is -1.02. The Bertz CT molecular complexity index is 932. The van der Waals surface area contributed by atoms with E-state index in [1.807, 2.05) is 38.1 Å². The Morgan fingerprint density at radius 3 is 2.12 bits per heavy atom. The topological polar surface area (TPSA) is 108 Å². The van der Waals surface area contributed by atoms with Crippen molar-refractivity contribution in [2.24, 2.45) is 11.8 Å². The number of nitrogens with zero attached hydrogens (tertiary/aromatic N) is 1. The van der Waals surface area contributed by atoms with E-state index in [1.54, 1.807) is 13.0 Å². The fraction of sp³-hybridized carbons (Fsp3) is 0.462. The van der Waals surface area contributed by atoms with E-state index in [4.69, 9.17) is 0 Å². The third-order valence-electron chi connectivity index (χ3n) is 5.48. The monoisotopic (exact) mass is 468 g/mol. The van der Waals surface area contributed by atoms with E-state index >= 15 is 0 Å². The number of carbonyl (C=O) groups is 4. The molecule has 0 fully saturated rings. The predicted molar refractivity (Wildman–Crippen MR) is 133 cm³/mol. The fourth-order valence-electron chi connectivity index (χ4n) is 3.55. The molecule has 0 aromatic heterocycles. The van der Waals surface area contributed by atoms with Gasteiger partial charge in [0.2, 0.25) is 17.7 Å². The first-order chi connectivity index (χ1) is 16.0. The maximum Gasteiger partial charge on any atom is 0.251 e. The van der Waals surface area contributed by atoms with Crippen LogP contribution < -0.4 is 16.0 Å². The standard InChI is InChI=1S/C26H36N4O4/c1-16(2)15-20-8-10-21(11-9-20)28-25(33)19(6)27-26(34)24(17(3)4)29-22(31)13-14-30-18(5)7-12-23(30)32/h7-12,16-17,19,24H,5,13-15H2,1-4,6H3,(H,27,34)(H,28,33)(H,29,31)/t19-,24-/m0/s1. The zero-order chi connectivity index (χ0) is 25.4. The van der Waals surface area contributed by atoms with Crippen LogP contribution in [0.2, 0.25) is 0 Å². The Balaban J connectivity index is 1.87. The molecule has 184 valence electrons. The van der Waals surface area contributed by atoms with Crippen LogP contribution >= 0.6 is 0 Å². The number of amides is 4. The van der Waals surface area contributed by atoms with Gasteiger partial charge in [-0.25, -0.2) is 0 Å². The number of carbonyl (C=O) groups excluding carboxylic acids is 4. The lowest BCUT2D eigenvalue weighted by Gasteiger charge is -2.24. The number of nitrogens with one attached hydrogen (secondary N) is 3. The maximum atomic E-state index is 12.8. The lowest BCUT2D eigenvalue weighted by molar-refractivity contribution is -0.132. The summed E-state index contributed by atoms with van der Waals surface area (Å²) in [4.78, 5) is 51.0. The van der Waals surface area contributed by atoms with Crippen LogP contribution in [0.4, 0.5) is 5.69 Å². The van der Waals surface area contributed by atoms with Crippen LogP contribution in [0.15, 0.2) is 48.7 Å². The molecule has 2 atom stereocenters. The van der Waals surface area contributed by atoms with Crippen molar-refractivity contribution in [3.63, 3.8) is 0 Å². The number of benzene rings is 1. The van der Waals surface area contributed by atoms with Gasteiger partial charge in [0.25, 0.3) is 5.91 Å². The lowest BCUT2D eigenvalue weighted by atomic mass is 10.0. The third-order valence-corrected chi connectivity index (χ3v) is 5.48. The van der Waals surface area contributed by atoms with Gasteiger partial charge in [-0.3, -0.25) is 19.2 Å². The van der Waals surface area contributed by atoms with Crippen LogP contribution in [0.3, 0.4) is 0 Å². The molecular weight excluding hydrogens is 432 g/mol. The molecule has 1 aliphatic rings. The minimum atomic E-state index is -0.811. The molecule has 1 aromatic carbocycles. The van der Waals surface area contributed by atoms with E-state index in [9.17, 15) is 19.2 Å². The quantitative estimate of drug-likeness (QED) is 0.464. The van der Waals surface area contributed by atoms with Gasteiger partial charge in [-0.15, -0.1) is 0 Å². The summed E-state index contributed by atoms with van der Waals surface area (Å²) in [6, 6.07) is 6.04. The van der Waals surface area contributed by atoms with Crippen LogP contribution in [0, 0.1) is 11.8 Å². The van der Waals surface area contributed by atoms with Gasteiger partial charge in [-0.05, 0) is 49.0 Å². The zero-order valence-electron chi connectivity index (χ0n) is 20.7. The largest absolute Gasteiger partial charge is 0.344 e. The lowest BCUT2D eigenvalue weighted by Crippen LogP contribution is -2.54. The van der Waals surface area contributed by atoms with Crippen molar-refractivity contribution < 1.29 is 19.2 Å². The molecule has 0 spiro atoms.